The molecule has 8 nitrogen and oxygen atoms in total. The van der Waals surface area contributed by atoms with Gasteiger partial charge in [0.25, 0.3) is 0 Å². The van der Waals surface area contributed by atoms with Gasteiger partial charge in [-0.2, -0.15) is 0 Å². The van der Waals surface area contributed by atoms with Crippen LogP contribution in [0.25, 0.3) is 0 Å². The third-order valence-corrected chi connectivity index (χ3v) is 3.80. The van der Waals surface area contributed by atoms with Crippen LogP contribution in [0.4, 0.5) is 4.79 Å². The van der Waals surface area contributed by atoms with Gasteiger partial charge in [-0.25, -0.2) is 9.78 Å². The van der Waals surface area contributed by atoms with Crippen molar-refractivity contribution in [1.29, 1.82) is 0 Å². The first-order valence-corrected chi connectivity index (χ1v) is 9.89. The fourth-order valence-electron chi connectivity index (χ4n) is 2.44. The number of carbonyl (C=O) groups excluding carboxylic acids is 1. The van der Waals surface area contributed by atoms with Gasteiger partial charge >= 0.3 is 6.09 Å². The molecule has 0 radical (unpaired) electrons. The largest absolute Gasteiger partial charge is 0.473 e. The summed E-state index contributed by atoms with van der Waals surface area (Å²) in [5, 5.41) is 9.06. The fraction of sp³-hybridized carbons (Fsp3) is 0.409. The lowest BCUT2D eigenvalue weighted by molar-refractivity contribution is 0.0529. The van der Waals surface area contributed by atoms with E-state index in [1.165, 1.54) is 0 Å². The molecule has 2 rings (SSSR count). The first kappa shape index (κ1) is 23.0. The number of amides is 1. The highest BCUT2D eigenvalue weighted by molar-refractivity contribution is 5.79. The Morgan fingerprint density at radius 3 is 2.47 bits per heavy atom. The average Bonchev–Trinajstić information content (AvgIpc) is 2.71. The first-order valence-electron chi connectivity index (χ1n) is 9.89. The van der Waals surface area contributed by atoms with Crippen LogP contribution in [0.1, 0.15) is 31.9 Å². The van der Waals surface area contributed by atoms with Crippen molar-refractivity contribution in [2.24, 2.45) is 4.99 Å². The molecule has 0 aliphatic rings. The molecule has 0 bridgehead atoms. The second kappa shape index (κ2) is 11.6. The Labute approximate surface area is 178 Å². The number of nitrogens with one attached hydrogen (secondary N) is 3. The van der Waals surface area contributed by atoms with Gasteiger partial charge in [-0.1, -0.05) is 30.3 Å². The highest BCUT2D eigenvalue weighted by atomic mass is 16.6. The SMILES string of the molecule is CN=C(NCCNC(=O)OC(C)(C)C)NCc1ccnc(OCc2ccccc2)c1. The number of benzene rings is 1. The third-order valence-electron chi connectivity index (χ3n) is 3.80. The van der Waals surface area contributed by atoms with Gasteiger partial charge in [0.1, 0.15) is 12.2 Å². The van der Waals surface area contributed by atoms with Crippen molar-refractivity contribution in [3.63, 3.8) is 0 Å². The van der Waals surface area contributed by atoms with Crippen LogP contribution in [-0.2, 0) is 17.9 Å². The maximum Gasteiger partial charge on any atom is 0.407 e. The number of rotatable bonds is 8. The van der Waals surface area contributed by atoms with Crippen molar-refractivity contribution >= 4 is 12.1 Å². The number of guanidine groups is 1. The number of aliphatic imine (C=N–C) groups is 1. The molecule has 0 unspecified atom stereocenters. The van der Waals surface area contributed by atoms with E-state index in [9.17, 15) is 4.79 Å². The van der Waals surface area contributed by atoms with E-state index >= 15 is 0 Å². The summed E-state index contributed by atoms with van der Waals surface area (Å²) in [5.74, 6) is 1.20. The highest BCUT2D eigenvalue weighted by Crippen LogP contribution is 2.11. The molecule has 1 aromatic heterocycles. The first-order chi connectivity index (χ1) is 14.4. The van der Waals surface area contributed by atoms with E-state index in [1.807, 2.05) is 63.2 Å². The van der Waals surface area contributed by atoms with E-state index in [0.717, 1.165) is 11.1 Å². The second-order valence-corrected chi connectivity index (χ2v) is 7.56. The number of hydrogen-bond acceptors (Lipinski definition) is 5. The van der Waals surface area contributed by atoms with E-state index in [1.54, 1.807) is 13.2 Å². The predicted molar refractivity (Wildman–Crippen MR) is 117 cm³/mol. The molecule has 0 aliphatic heterocycles. The topological polar surface area (TPSA) is 96.9 Å². The number of hydrogen-bond donors (Lipinski definition) is 3. The van der Waals surface area contributed by atoms with Gasteiger partial charge in [-0.3, -0.25) is 4.99 Å². The molecule has 1 amide bonds. The van der Waals surface area contributed by atoms with E-state index in [2.05, 4.69) is 25.9 Å². The van der Waals surface area contributed by atoms with Crippen molar-refractivity contribution < 1.29 is 14.3 Å². The van der Waals surface area contributed by atoms with Crippen molar-refractivity contribution in [2.75, 3.05) is 20.1 Å². The average molecular weight is 414 g/mol. The molecule has 30 heavy (non-hydrogen) atoms. The molecular formula is C22H31N5O3. The monoisotopic (exact) mass is 413 g/mol. The van der Waals surface area contributed by atoms with Gasteiger partial charge in [-0.05, 0) is 38.0 Å². The molecule has 1 heterocycles. The van der Waals surface area contributed by atoms with Crippen LogP contribution in [0.2, 0.25) is 0 Å². The summed E-state index contributed by atoms with van der Waals surface area (Å²) < 4.78 is 11.0. The Morgan fingerprint density at radius 1 is 1.03 bits per heavy atom. The highest BCUT2D eigenvalue weighted by Gasteiger charge is 2.15. The molecule has 0 saturated heterocycles. The van der Waals surface area contributed by atoms with E-state index < -0.39 is 11.7 Å². The molecule has 0 saturated carbocycles. The number of alkyl carbamates (subject to hydrolysis) is 1. The van der Waals surface area contributed by atoms with E-state index in [-0.39, 0.29) is 0 Å². The third kappa shape index (κ3) is 9.27. The lowest BCUT2D eigenvalue weighted by Gasteiger charge is -2.20. The standard InChI is InChI=1S/C22H31N5O3/c1-22(2,3)30-21(28)26-13-12-25-20(23-4)27-15-18-10-11-24-19(14-18)29-16-17-8-6-5-7-9-17/h5-11,14H,12-13,15-16H2,1-4H3,(H,26,28)(H2,23,25,27). The van der Waals surface area contributed by atoms with Crippen molar-refractivity contribution in [3.05, 3.63) is 59.8 Å². The molecule has 0 fully saturated rings. The Kier molecular flexibility index (Phi) is 8.93. The van der Waals surface area contributed by atoms with Gasteiger partial charge < -0.3 is 25.4 Å². The minimum Gasteiger partial charge on any atom is -0.473 e. The number of pyridine rings is 1. The predicted octanol–water partition coefficient (Wildman–Crippen LogP) is 2.85. The number of carbonyl (C=O) groups is 1. The van der Waals surface area contributed by atoms with Gasteiger partial charge in [0.15, 0.2) is 5.96 Å². The fourth-order valence-corrected chi connectivity index (χ4v) is 2.44. The van der Waals surface area contributed by atoms with Crippen LogP contribution in [0.15, 0.2) is 53.7 Å². The Morgan fingerprint density at radius 2 is 1.77 bits per heavy atom. The van der Waals surface area contributed by atoms with Gasteiger partial charge in [0, 0.05) is 38.9 Å². The van der Waals surface area contributed by atoms with Crippen molar-refractivity contribution in [1.82, 2.24) is 20.9 Å². The molecule has 1 aromatic carbocycles. The maximum atomic E-state index is 11.6. The molecule has 8 heteroatoms. The van der Waals surface area contributed by atoms with Crippen LogP contribution in [0.5, 0.6) is 5.88 Å². The minimum atomic E-state index is -0.511. The summed E-state index contributed by atoms with van der Waals surface area (Å²) in [6.45, 7) is 7.44. The van der Waals surface area contributed by atoms with E-state index in [0.29, 0.717) is 38.1 Å². The number of ether oxygens (including phenoxy) is 2. The van der Waals surface area contributed by atoms with Gasteiger partial charge in [0.05, 0.1) is 0 Å². The van der Waals surface area contributed by atoms with Crippen LogP contribution in [0.3, 0.4) is 0 Å². The Bertz CT molecular complexity index is 819. The van der Waals surface area contributed by atoms with Crippen molar-refractivity contribution in [2.45, 2.75) is 39.5 Å². The summed E-state index contributed by atoms with van der Waals surface area (Å²) in [5.41, 5.74) is 1.60. The summed E-state index contributed by atoms with van der Waals surface area (Å²) in [6, 6.07) is 13.8. The van der Waals surface area contributed by atoms with Crippen molar-refractivity contribution in [3.8, 4) is 5.88 Å². The van der Waals surface area contributed by atoms with Crippen LogP contribution in [0, 0.1) is 0 Å². The Balaban J connectivity index is 1.72. The molecule has 2 aromatic rings. The second-order valence-electron chi connectivity index (χ2n) is 7.56. The zero-order valence-electron chi connectivity index (χ0n) is 18.1. The summed E-state index contributed by atoms with van der Waals surface area (Å²) in [6.07, 6.45) is 1.28. The van der Waals surface area contributed by atoms with Gasteiger partial charge in [-0.15, -0.1) is 0 Å². The number of nitrogens with zero attached hydrogens (tertiary/aromatic N) is 2. The lowest BCUT2D eigenvalue weighted by Crippen LogP contribution is -2.42. The molecule has 0 spiro atoms. The molecule has 0 aliphatic carbocycles. The molecule has 162 valence electrons. The molecule has 3 N–H and O–H groups in total. The zero-order valence-corrected chi connectivity index (χ0v) is 18.1. The Hall–Kier alpha value is -3.29. The molecule has 0 atom stereocenters. The normalized spacial score (nSPS) is 11.5. The minimum absolute atomic E-state index is 0.419. The van der Waals surface area contributed by atoms with E-state index in [4.69, 9.17) is 9.47 Å². The quantitative estimate of drug-likeness (QED) is 0.350. The van der Waals surface area contributed by atoms with Crippen LogP contribution in [-0.4, -0.2) is 42.8 Å². The number of aromatic nitrogens is 1. The molecular weight excluding hydrogens is 382 g/mol. The lowest BCUT2D eigenvalue weighted by atomic mass is 10.2. The zero-order chi connectivity index (χ0) is 21.8. The maximum absolute atomic E-state index is 11.6. The summed E-state index contributed by atoms with van der Waals surface area (Å²) in [4.78, 5) is 20.1. The summed E-state index contributed by atoms with van der Waals surface area (Å²) in [7, 11) is 1.69. The summed E-state index contributed by atoms with van der Waals surface area (Å²) >= 11 is 0. The van der Waals surface area contributed by atoms with Crippen LogP contribution < -0.4 is 20.7 Å². The van der Waals surface area contributed by atoms with Crippen LogP contribution >= 0.6 is 0 Å². The van der Waals surface area contributed by atoms with Gasteiger partial charge in [0.2, 0.25) is 5.88 Å². The smallest absolute Gasteiger partial charge is 0.407 e.